The third kappa shape index (κ3) is 5.17. The van der Waals surface area contributed by atoms with Gasteiger partial charge in [-0.2, -0.15) is 0 Å². The van der Waals surface area contributed by atoms with Gasteiger partial charge in [0.25, 0.3) is 5.91 Å². The van der Waals surface area contributed by atoms with Crippen LogP contribution in [0.3, 0.4) is 0 Å². The van der Waals surface area contributed by atoms with Gasteiger partial charge in [-0.25, -0.2) is 0 Å². The number of benzene rings is 2. The van der Waals surface area contributed by atoms with Crippen LogP contribution in [0.4, 0.5) is 11.4 Å². The van der Waals surface area contributed by atoms with Crippen LogP contribution in [0.25, 0.3) is 0 Å². The molecule has 0 fully saturated rings. The summed E-state index contributed by atoms with van der Waals surface area (Å²) in [5, 5.41) is 5.05. The Kier molecular flexibility index (Phi) is 6.59. The number of anilines is 2. The maximum Gasteiger partial charge on any atom is 0.307 e. The van der Waals surface area contributed by atoms with Crippen molar-refractivity contribution in [3.8, 4) is 0 Å². The van der Waals surface area contributed by atoms with E-state index >= 15 is 0 Å². The molecule has 2 amide bonds. The lowest BCUT2D eigenvalue weighted by Crippen LogP contribution is -2.32. The van der Waals surface area contributed by atoms with E-state index in [0.29, 0.717) is 0 Å². The van der Waals surface area contributed by atoms with Crippen LogP contribution >= 0.6 is 11.8 Å². The standard InChI is InChI=1S/C22H24N2O4S/c1-13(2)15-8-6-7-14(3)21(15)24-19(25)12-28-20(26)11-18-22(27)23-16-9-4-5-10-17(16)29-18/h4-10,13,18H,11-12H2,1-3H3,(H,23,27)(H,24,25)/t18-/m1/s1. The largest absolute Gasteiger partial charge is 0.456 e. The predicted octanol–water partition coefficient (Wildman–Crippen LogP) is 4.10. The highest BCUT2D eigenvalue weighted by atomic mass is 32.2. The molecule has 2 N–H and O–H groups in total. The first-order valence-corrected chi connectivity index (χ1v) is 10.3. The zero-order chi connectivity index (χ0) is 21.0. The monoisotopic (exact) mass is 412 g/mol. The van der Waals surface area contributed by atoms with Crippen molar-refractivity contribution in [2.75, 3.05) is 17.2 Å². The molecular formula is C22H24N2O4S. The Balaban J connectivity index is 1.54. The number of rotatable bonds is 6. The number of nitrogens with one attached hydrogen (secondary N) is 2. The molecule has 0 saturated heterocycles. The fraction of sp³-hybridized carbons (Fsp3) is 0.318. The van der Waals surface area contributed by atoms with Gasteiger partial charge >= 0.3 is 5.97 Å². The van der Waals surface area contributed by atoms with E-state index in [4.69, 9.17) is 4.74 Å². The van der Waals surface area contributed by atoms with Gasteiger partial charge in [0.05, 0.1) is 17.4 Å². The maximum atomic E-state index is 12.3. The van der Waals surface area contributed by atoms with Crippen molar-refractivity contribution in [3.63, 3.8) is 0 Å². The quantitative estimate of drug-likeness (QED) is 0.698. The normalized spacial score (nSPS) is 15.4. The van der Waals surface area contributed by atoms with E-state index in [1.807, 2.05) is 49.4 Å². The summed E-state index contributed by atoms with van der Waals surface area (Å²) in [5.74, 6) is -0.976. The average molecular weight is 413 g/mol. The molecule has 2 aromatic carbocycles. The molecule has 7 heteroatoms. The smallest absolute Gasteiger partial charge is 0.307 e. The summed E-state index contributed by atoms with van der Waals surface area (Å²) in [4.78, 5) is 37.6. The first-order valence-electron chi connectivity index (χ1n) is 9.46. The third-order valence-corrected chi connectivity index (χ3v) is 5.89. The molecule has 0 saturated carbocycles. The van der Waals surface area contributed by atoms with E-state index in [9.17, 15) is 14.4 Å². The molecule has 3 rings (SSSR count). The van der Waals surface area contributed by atoms with Gasteiger partial charge in [0.2, 0.25) is 5.91 Å². The summed E-state index contributed by atoms with van der Waals surface area (Å²) >= 11 is 1.32. The summed E-state index contributed by atoms with van der Waals surface area (Å²) in [6.45, 7) is 5.63. The second kappa shape index (κ2) is 9.13. The van der Waals surface area contributed by atoms with Gasteiger partial charge in [-0.3, -0.25) is 14.4 Å². The average Bonchev–Trinajstić information content (AvgIpc) is 2.68. The Labute approximate surface area is 174 Å². The molecule has 1 atom stereocenters. The van der Waals surface area contributed by atoms with Crippen molar-refractivity contribution in [3.05, 3.63) is 53.6 Å². The molecule has 0 spiro atoms. The van der Waals surface area contributed by atoms with Crippen LogP contribution < -0.4 is 10.6 Å². The minimum atomic E-state index is -0.582. The summed E-state index contributed by atoms with van der Waals surface area (Å²) in [5.41, 5.74) is 3.47. The zero-order valence-electron chi connectivity index (χ0n) is 16.7. The molecule has 0 aliphatic carbocycles. The van der Waals surface area contributed by atoms with E-state index in [2.05, 4.69) is 24.5 Å². The van der Waals surface area contributed by atoms with Crippen molar-refractivity contribution in [1.29, 1.82) is 0 Å². The van der Waals surface area contributed by atoms with Crippen LogP contribution in [0.15, 0.2) is 47.4 Å². The van der Waals surface area contributed by atoms with Crippen LogP contribution in [-0.2, 0) is 19.1 Å². The number of carbonyl (C=O) groups is 3. The Morgan fingerprint density at radius 1 is 1.17 bits per heavy atom. The Morgan fingerprint density at radius 2 is 1.93 bits per heavy atom. The topological polar surface area (TPSA) is 84.5 Å². The van der Waals surface area contributed by atoms with E-state index in [1.165, 1.54) is 11.8 Å². The van der Waals surface area contributed by atoms with Crippen molar-refractivity contribution in [1.82, 2.24) is 0 Å². The lowest BCUT2D eigenvalue weighted by molar-refractivity contribution is -0.147. The summed E-state index contributed by atoms with van der Waals surface area (Å²) < 4.78 is 5.11. The lowest BCUT2D eigenvalue weighted by Gasteiger charge is -2.23. The molecule has 1 heterocycles. The van der Waals surface area contributed by atoms with Crippen molar-refractivity contribution < 1.29 is 19.1 Å². The molecule has 152 valence electrons. The zero-order valence-corrected chi connectivity index (χ0v) is 17.5. The molecule has 0 aromatic heterocycles. The lowest BCUT2D eigenvalue weighted by atomic mass is 9.98. The SMILES string of the molecule is Cc1cccc(C(C)C)c1NC(=O)COC(=O)C[C@H]1Sc2ccccc2NC1=O. The van der Waals surface area contributed by atoms with Gasteiger partial charge in [0, 0.05) is 10.6 Å². The van der Waals surface area contributed by atoms with Crippen molar-refractivity contribution in [2.24, 2.45) is 0 Å². The number of fused-ring (bicyclic) bond motifs is 1. The molecule has 1 aliphatic heterocycles. The molecule has 2 aromatic rings. The highest BCUT2D eigenvalue weighted by molar-refractivity contribution is 8.01. The molecule has 0 unspecified atom stereocenters. The van der Waals surface area contributed by atoms with Crippen LogP contribution in [0.5, 0.6) is 0 Å². The van der Waals surface area contributed by atoms with Gasteiger partial charge in [-0.05, 0) is 36.1 Å². The van der Waals surface area contributed by atoms with Crippen LogP contribution in [-0.4, -0.2) is 29.6 Å². The number of esters is 1. The molecule has 29 heavy (non-hydrogen) atoms. The number of carbonyl (C=O) groups excluding carboxylic acids is 3. The van der Waals surface area contributed by atoms with Crippen LogP contribution in [0.1, 0.15) is 37.3 Å². The number of hydrogen-bond donors (Lipinski definition) is 2. The minimum absolute atomic E-state index is 0.0975. The molecular weight excluding hydrogens is 388 g/mol. The second-order valence-electron chi connectivity index (χ2n) is 7.20. The minimum Gasteiger partial charge on any atom is -0.456 e. The number of thioether (sulfide) groups is 1. The third-order valence-electron chi connectivity index (χ3n) is 4.61. The van der Waals surface area contributed by atoms with E-state index in [0.717, 1.165) is 27.4 Å². The fourth-order valence-corrected chi connectivity index (χ4v) is 4.20. The highest BCUT2D eigenvalue weighted by Gasteiger charge is 2.29. The Bertz CT molecular complexity index is 942. The number of ether oxygens (including phenoxy) is 1. The Hall–Kier alpha value is -2.80. The summed E-state index contributed by atoms with van der Waals surface area (Å²) in [6.07, 6.45) is -0.0975. The van der Waals surface area contributed by atoms with Crippen LogP contribution in [0.2, 0.25) is 0 Å². The van der Waals surface area contributed by atoms with Crippen molar-refractivity contribution in [2.45, 2.75) is 43.3 Å². The summed E-state index contributed by atoms with van der Waals surface area (Å²) in [7, 11) is 0. The van der Waals surface area contributed by atoms with Gasteiger partial charge < -0.3 is 15.4 Å². The highest BCUT2D eigenvalue weighted by Crippen LogP contribution is 2.36. The number of amides is 2. The van der Waals surface area contributed by atoms with Crippen LogP contribution in [0, 0.1) is 6.92 Å². The van der Waals surface area contributed by atoms with Gasteiger partial charge in [-0.15, -0.1) is 11.8 Å². The molecule has 0 radical (unpaired) electrons. The van der Waals surface area contributed by atoms with Gasteiger partial charge in [-0.1, -0.05) is 44.2 Å². The number of hydrogen-bond acceptors (Lipinski definition) is 5. The maximum absolute atomic E-state index is 12.3. The first-order chi connectivity index (χ1) is 13.8. The molecule has 1 aliphatic rings. The first kappa shape index (κ1) is 20.9. The predicted molar refractivity (Wildman–Crippen MR) is 114 cm³/mol. The van der Waals surface area contributed by atoms with E-state index in [-0.39, 0.29) is 24.9 Å². The van der Waals surface area contributed by atoms with Gasteiger partial charge in [0.1, 0.15) is 0 Å². The molecule has 0 bridgehead atoms. The second-order valence-corrected chi connectivity index (χ2v) is 8.44. The van der Waals surface area contributed by atoms with Gasteiger partial charge in [0.15, 0.2) is 6.61 Å². The molecule has 6 nitrogen and oxygen atoms in total. The Morgan fingerprint density at radius 3 is 2.69 bits per heavy atom. The summed E-state index contributed by atoms with van der Waals surface area (Å²) in [6, 6.07) is 13.3. The fourth-order valence-electron chi connectivity index (χ4n) is 3.10. The number of aryl methyl sites for hydroxylation is 1. The van der Waals surface area contributed by atoms with E-state index in [1.54, 1.807) is 0 Å². The van der Waals surface area contributed by atoms with Crippen molar-refractivity contribution >= 4 is 40.9 Å². The van der Waals surface area contributed by atoms with E-state index < -0.39 is 17.1 Å². The number of para-hydroxylation sites is 2.